The fraction of sp³-hybridized carbons (Fsp3) is 0.312. The van der Waals surface area contributed by atoms with Crippen LogP contribution < -0.4 is 4.90 Å². The number of rotatable bonds is 7. The number of carbonyl (C=O) groups excluding carboxylic acids is 2. The van der Waals surface area contributed by atoms with Gasteiger partial charge in [-0.2, -0.15) is 0 Å². The van der Waals surface area contributed by atoms with Gasteiger partial charge in [-0.25, -0.2) is 9.78 Å². The molecule has 0 spiro atoms. The van der Waals surface area contributed by atoms with Gasteiger partial charge in [0.15, 0.2) is 0 Å². The topological polar surface area (TPSA) is 64.4 Å². The summed E-state index contributed by atoms with van der Waals surface area (Å²) in [6, 6.07) is 6.82. The average Bonchev–Trinajstić information content (AvgIpc) is 3.03. The molecule has 1 aromatic heterocycles. The number of imidazole rings is 1. The first-order valence-corrected chi connectivity index (χ1v) is 7.10. The molecule has 2 aromatic rings. The van der Waals surface area contributed by atoms with Crippen LogP contribution in [0.5, 0.6) is 0 Å². The maximum absolute atomic E-state index is 11.8. The predicted molar refractivity (Wildman–Crippen MR) is 82.4 cm³/mol. The number of benzene rings is 1. The van der Waals surface area contributed by atoms with E-state index in [2.05, 4.69) is 4.98 Å². The maximum Gasteiger partial charge on any atom is 0.328 e. The van der Waals surface area contributed by atoms with Gasteiger partial charge in [-0.05, 0) is 31.5 Å². The van der Waals surface area contributed by atoms with E-state index in [9.17, 15) is 9.59 Å². The molecular weight excluding hydrogens is 282 g/mol. The Bertz CT molecular complexity index is 608. The highest BCUT2D eigenvalue weighted by Crippen LogP contribution is 2.17. The number of esters is 1. The van der Waals surface area contributed by atoms with Crippen molar-refractivity contribution in [1.29, 1.82) is 0 Å². The summed E-state index contributed by atoms with van der Waals surface area (Å²) in [4.78, 5) is 28.4. The van der Waals surface area contributed by atoms with Gasteiger partial charge < -0.3 is 14.2 Å². The maximum atomic E-state index is 11.8. The van der Waals surface area contributed by atoms with E-state index in [1.165, 1.54) is 4.90 Å². The number of hydrogen-bond donors (Lipinski definition) is 0. The van der Waals surface area contributed by atoms with Crippen molar-refractivity contribution in [3.05, 3.63) is 48.5 Å². The summed E-state index contributed by atoms with van der Waals surface area (Å²) in [7, 11) is 0. The lowest BCUT2D eigenvalue weighted by Crippen LogP contribution is -2.39. The van der Waals surface area contributed by atoms with Gasteiger partial charge in [-0.15, -0.1) is 0 Å². The highest BCUT2D eigenvalue weighted by molar-refractivity contribution is 5.88. The summed E-state index contributed by atoms with van der Waals surface area (Å²) in [5.41, 5.74) is 1.74. The molecule has 0 saturated heterocycles. The molecule has 0 unspecified atom stereocenters. The minimum atomic E-state index is -0.656. The zero-order valence-corrected chi connectivity index (χ0v) is 12.7. The number of nitrogens with zero attached hydrogens (tertiary/aromatic N) is 3. The van der Waals surface area contributed by atoms with Gasteiger partial charge in [-0.3, -0.25) is 4.79 Å². The Morgan fingerprint density at radius 3 is 2.68 bits per heavy atom. The summed E-state index contributed by atoms with van der Waals surface area (Å²) >= 11 is 0. The van der Waals surface area contributed by atoms with Crippen molar-refractivity contribution in [2.45, 2.75) is 26.4 Å². The SMILES string of the molecule is CCOC(=O)[C@H](C)N(C=O)c1ccc(Cn2ccnc2)cc1. The molecular formula is C16H19N3O3. The summed E-state index contributed by atoms with van der Waals surface area (Å²) in [6.07, 6.45) is 6.00. The Kier molecular flexibility index (Phi) is 5.30. The zero-order valence-electron chi connectivity index (χ0n) is 12.7. The lowest BCUT2D eigenvalue weighted by Gasteiger charge is -2.23. The monoisotopic (exact) mass is 301 g/mol. The van der Waals surface area contributed by atoms with Crippen LogP contribution in [-0.2, 0) is 20.9 Å². The molecule has 6 heteroatoms. The fourth-order valence-electron chi connectivity index (χ4n) is 2.12. The van der Waals surface area contributed by atoms with E-state index in [1.807, 2.05) is 35.0 Å². The van der Waals surface area contributed by atoms with Crippen LogP contribution >= 0.6 is 0 Å². The van der Waals surface area contributed by atoms with Crippen molar-refractivity contribution in [2.24, 2.45) is 0 Å². The first-order chi connectivity index (χ1) is 10.7. The standard InChI is InChI=1S/C16H19N3O3/c1-3-22-16(21)13(2)19(12-20)15-6-4-14(5-7-15)10-18-9-8-17-11-18/h4-9,11-13H,3,10H2,1-2H3/t13-/m0/s1. The second-order valence-electron chi connectivity index (χ2n) is 4.84. The third kappa shape index (κ3) is 3.72. The van der Waals surface area contributed by atoms with E-state index < -0.39 is 12.0 Å². The summed E-state index contributed by atoms with van der Waals surface area (Å²) in [5.74, 6) is -0.419. The summed E-state index contributed by atoms with van der Waals surface area (Å²) in [5, 5.41) is 0. The smallest absolute Gasteiger partial charge is 0.328 e. The van der Waals surface area contributed by atoms with Crippen LogP contribution in [0, 0.1) is 0 Å². The first kappa shape index (κ1) is 15.8. The molecule has 22 heavy (non-hydrogen) atoms. The lowest BCUT2D eigenvalue weighted by atomic mass is 10.1. The van der Waals surface area contributed by atoms with Crippen molar-refractivity contribution < 1.29 is 14.3 Å². The zero-order chi connectivity index (χ0) is 15.9. The van der Waals surface area contributed by atoms with Crippen molar-refractivity contribution in [3.8, 4) is 0 Å². The van der Waals surface area contributed by atoms with Crippen LogP contribution in [-0.4, -0.2) is 34.6 Å². The molecule has 1 amide bonds. The highest BCUT2D eigenvalue weighted by Gasteiger charge is 2.22. The molecule has 0 fully saturated rings. The van der Waals surface area contributed by atoms with Crippen molar-refractivity contribution in [1.82, 2.24) is 9.55 Å². The quantitative estimate of drug-likeness (QED) is 0.578. The molecule has 0 radical (unpaired) electrons. The van der Waals surface area contributed by atoms with E-state index in [-0.39, 0.29) is 0 Å². The summed E-state index contributed by atoms with van der Waals surface area (Å²) in [6.45, 7) is 4.38. The third-order valence-electron chi connectivity index (χ3n) is 3.32. The number of anilines is 1. The Morgan fingerprint density at radius 2 is 2.14 bits per heavy atom. The average molecular weight is 301 g/mol. The molecule has 1 atom stereocenters. The molecule has 0 N–H and O–H groups in total. The van der Waals surface area contributed by atoms with Crippen LogP contribution in [0.4, 0.5) is 5.69 Å². The Labute approximate surface area is 129 Å². The Morgan fingerprint density at radius 1 is 1.41 bits per heavy atom. The number of hydrogen-bond acceptors (Lipinski definition) is 4. The van der Waals surface area contributed by atoms with Crippen molar-refractivity contribution in [3.63, 3.8) is 0 Å². The normalized spacial score (nSPS) is 11.7. The number of carbonyl (C=O) groups is 2. The molecule has 116 valence electrons. The largest absolute Gasteiger partial charge is 0.464 e. The second kappa shape index (κ2) is 7.40. The molecule has 2 rings (SSSR count). The summed E-state index contributed by atoms with van der Waals surface area (Å²) < 4.78 is 6.90. The van der Waals surface area contributed by atoms with Gasteiger partial charge in [0.1, 0.15) is 6.04 Å². The van der Waals surface area contributed by atoms with E-state index in [1.54, 1.807) is 26.4 Å². The van der Waals surface area contributed by atoms with E-state index >= 15 is 0 Å². The van der Waals surface area contributed by atoms with Crippen LogP contribution in [0.15, 0.2) is 43.0 Å². The van der Waals surface area contributed by atoms with E-state index in [0.717, 1.165) is 5.56 Å². The molecule has 1 aromatic carbocycles. The Hall–Kier alpha value is -2.63. The molecule has 0 aliphatic heterocycles. The number of amides is 1. The van der Waals surface area contributed by atoms with Crippen molar-refractivity contribution >= 4 is 18.1 Å². The van der Waals surface area contributed by atoms with Crippen LogP contribution in [0.25, 0.3) is 0 Å². The van der Waals surface area contributed by atoms with Gasteiger partial charge >= 0.3 is 5.97 Å². The molecule has 0 aliphatic carbocycles. The second-order valence-corrected chi connectivity index (χ2v) is 4.84. The molecule has 0 bridgehead atoms. The lowest BCUT2D eigenvalue weighted by molar-refractivity contribution is -0.144. The van der Waals surface area contributed by atoms with Crippen LogP contribution in [0.3, 0.4) is 0 Å². The van der Waals surface area contributed by atoms with E-state index in [0.29, 0.717) is 25.2 Å². The van der Waals surface area contributed by atoms with Crippen LogP contribution in [0.2, 0.25) is 0 Å². The van der Waals surface area contributed by atoms with E-state index in [4.69, 9.17) is 4.74 Å². The Balaban J connectivity index is 2.10. The van der Waals surface area contributed by atoms with Gasteiger partial charge in [0.2, 0.25) is 6.41 Å². The van der Waals surface area contributed by atoms with Gasteiger partial charge in [0.25, 0.3) is 0 Å². The van der Waals surface area contributed by atoms with Gasteiger partial charge in [-0.1, -0.05) is 12.1 Å². The number of aromatic nitrogens is 2. The third-order valence-corrected chi connectivity index (χ3v) is 3.32. The molecule has 0 aliphatic rings. The minimum Gasteiger partial charge on any atom is -0.464 e. The minimum absolute atomic E-state index is 0.291. The predicted octanol–water partition coefficient (Wildman–Crippen LogP) is 1.85. The molecule has 0 saturated carbocycles. The number of ether oxygens (including phenoxy) is 1. The molecule has 1 heterocycles. The fourth-order valence-corrected chi connectivity index (χ4v) is 2.12. The van der Waals surface area contributed by atoms with Gasteiger partial charge in [0.05, 0.1) is 12.9 Å². The molecule has 6 nitrogen and oxygen atoms in total. The van der Waals surface area contributed by atoms with Crippen molar-refractivity contribution in [2.75, 3.05) is 11.5 Å². The first-order valence-electron chi connectivity index (χ1n) is 7.10. The highest BCUT2D eigenvalue weighted by atomic mass is 16.5. The van der Waals surface area contributed by atoms with Crippen LogP contribution in [0.1, 0.15) is 19.4 Å². The van der Waals surface area contributed by atoms with Gasteiger partial charge in [0, 0.05) is 24.6 Å².